The highest BCUT2D eigenvalue weighted by Gasteiger charge is 2.31. The third kappa shape index (κ3) is 5.84. The maximum Gasteiger partial charge on any atom is 0.243 e. The molecule has 0 unspecified atom stereocenters. The Labute approximate surface area is 184 Å². The number of amides is 1. The maximum atomic E-state index is 13.5. The Kier molecular flexibility index (Phi) is 7.69. The molecule has 2 aromatic carbocycles. The SMILES string of the molecule is COc1ccc(CN(CC2CCC(C(=O)N[O-])CC2)S(=O)(=O)c2ccc(C)cc2)cc1. The van der Waals surface area contributed by atoms with Crippen LogP contribution in [0.5, 0.6) is 5.75 Å². The molecule has 31 heavy (non-hydrogen) atoms. The predicted molar refractivity (Wildman–Crippen MR) is 119 cm³/mol. The number of hydroxylamine groups is 1. The molecule has 0 aromatic heterocycles. The van der Waals surface area contributed by atoms with Gasteiger partial charge in [-0.15, -0.1) is 0 Å². The van der Waals surface area contributed by atoms with Gasteiger partial charge in [-0.2, -0.15) is 4.31 Å². The molecule has 0 saturated heterocycles. The van der Waals surface area contributed by atoms with Crippen molar-refractivity contribution in [2.45, 2.75) is 44.0 Å². The molecular weight excluding hydrogens is 416 g/mol. The van der Waals surface area contributed by atoms with Gasteiger partial charge in [0.05, 0.1) is 12.0 Å². The van der Waals surface area contributed by atoms with E-state index in [2.05, 4.69) is 0 Å². The zero-order valence-electron chi connectivity index (χ0n) is 17.9. The van der Waals surface area contributed by atoms with Crippen molar-refractivity contribution in [3.63, 3.8) is 0 Å². The van der Waals surface area contributed by atoms with Crippen molar-refractivity contribution in [2.24, 2.45) is 11.8 Å². The first-order valence-electron chi connectivity index (χ1n) is 10.4. The molecule has 1 N–H and O–H groups in total. The summed E-state index contributed by atoms with van der Waals surface area (Å²) < 4.78 is 33.6. The standard InChI is InChI=1S/C23H29N2O5S/c1-17-3-13-22(14-4-17)31(28,29)25(16-19-7-11-21(30-2)12-8-19)15-18-5-9-20(10-6-18)23(26)24-27/h3-4,7-8,11-14,18,20H,5-6,9-10,15-16H2,1-2H3,(H-,24,26,27)/q-1. The van der Waals surface area contributed by atoms with Gasteiger partial charge in [-0.1, -0.05) is 29.8 Å². The molecule has 0 spiro atoms. The van der Waals surface area contributed by atoms with Crippen LogP contribution in [-0.2, 0) is 21.4 Å². The van der Waals surface area contributed by atoms with Crippen molar-refractivity contribution in [3.8, 4) is 5.75 Å². The van der Waals surface area contributed by atoms with Gasteiger partial charge in [0.2, 0.25) is 15.9 Å². The topological polar surface area (TPSA) is 98.8 Å². The minimum atomic E-state index is -3.69. The molecule has 3 rings (SSSR count). The average molecular weight is 446 g/mol. The first kappa shape index (κ1) is 23.2. The van der Waals surface area contributed by atoms with Crippen LogP contribution in [0, 0.1) is 24.0 Å². The highest BCUT2D eigenvalue weighted by atomic mass is 32.2. The molecule has 1 fully saturated rings. The van der Waals surface area contributed by atoms with Gasteiger partial charge < -0.3 is 15.4 Å². The highest BCUT2D eigenvalue weighted by Crippen LogP contribution is 2.31. The third-order valence-corrected chi connectivity index (χ3v) is 7.78. The molecule has 0 bridgehead atoms. The van der Waals surface area contributed by atoms with E-state index in [0.29, 0.717) is 38.0 Å². The number of hydrogen-bond acceptors (Lipinski definition) is 5. The van der Waals surface area contributed by atoms with E-state index in [1.54, 1.807) is 31.4 Å². The average Bonchev–Trinajstić information content (AvgIpc) is 2.79. The van der Waals surface area contributed by atoms with Crippen molar-refractivity contribution in [2.75, 3.05) is 13.7 Å². The Balaban J connectivity index is 1.80. The second-order valence-electron chi connectivity index (χ2n) is 8.14. The fraction of sp³-hybridized carbons (Fsp3) is 0.435. The fourth-order valence-corrected chi connectivity index (χ4v) is 5.52. The number of rotatable bonds is 8. The zero-order valence-corrected chi connectivity index (χ0v) is 18.7. The summed E-state index contributed by atoms with van der Waals surface area (Å²) >= 11 is 0. The number of carbonyl (C=O) groups excluding carboxylic acids is 1. The Morgan fingerprint density at radius 1 is 1.06 bits per heavy atom. The summed E-state index contributed by atoms with van der Waals surface area (Å²) in [7, 11) is -2.10. The molecule has 1 aliphatic rings. The monoisotopic (exact) mass is 445 g/mol. The van der Waals surface area contributed by atoms with E-state index in [1.165, 1.54) is 9.79 Å². The van der Waals surface area contributed by atoms with Gasteiger partial charge in [-0.05, 0) is 68.4 Å². The van der Waals surface area contributed by atoms with Crippen molar-refractivity contribution >= 4 is 15.9 Å². The summed E-state index contributed by atoms with van der Waals surface area (Å²) in [6.45, 7) is 2.54. The van der Waals surface area contributed by atoms with Crippen LogP contribution in [0.1, 0.15) is 36.8 Å². The number of carbonyl (C=O) groups is 1. The van der Waals surface area contributed by atoms with Gasteiger partial charge in [0, 0.05) is 19.0 Å². The number of nitrogens with zero attached hydrogens (tertiary/aromatic N) is 1. The first-order valence-corrected chi connectivity index (χ1v) is 11.9. The summed E-state index contributed by atoms with van der Waals surface area (Å²) in [6, 6.07) is 14.2. The summed E-state index contributed by atoms with van der Waals surface area (Å²) in [5.41, 5.74) is 3.34. The molecule has 1 saturated carbocycles. The Morgan fingerprint density at radius 3 is 2.23 bits per heavy atom. The van der Waals surface area contributed by atoms with Gasteiger partial charge >= 0.3 is 0 Å². The molecule has 1 aliphatic carbocycles. The Bertz CT molecular complexity index is 966. The molecule has 1 amide bonds. The minimum Gasteiger partial charge on any atom is -0.759 e. The zero-order chi connectivity index (χ0) is 22.4. The molecule has 0 atom stereocenters. The maximum absolute atomic E-state index is 13.5. The van der Waals surface area contributed by atoms with Crippen LogP contribution < -0.4 is 10.2 Å². The van der Waals surface area contributed by atoms with Gasteiger partial charge in [0.25, 0.3) is 0 Å². The molecule has 168 valence electrons. The lowest BCUT2D eigenvalue weighted by Crippen LogP contribution is -2.37. The summed E-state index contributed by atoms with van der Waals surface area (Å²) in [4.78, 5) is 11.9. The minimum absolute atomic E-state index is 0.133. The summed E-state index contributed by atoms with van der Waals surface area (Å²) in [5.74, 6) is 0.0964. The van der Waals surface area contributed by atoms with E-state index in [-0.39, 0.29) is 23.3 Å². The smallest absolute Gasteiger partial charge is 0.243 e. The fourth-order valence-electron chi connectivity index (χ4n) is 4.02. The number of ether oxygens (including phenoxy) is 1. The van der Waals surface area contributed by atoms with Crippen molar-refractivity contribution in [1.29, 1.82) is 0 Å². The largest absolute Gasteiger partial charge is 0.759 e. The van der Waals surface area contributed by atoms with Crippen LogP contribution in [0.2, 0.25) is 0 Å². The number of methoxy groups -OCH3 is 1. The molecule has 0 heterocycles. The number of hydrogen-bond donors (Lipinski definition) is 1. The van der Waals surface area contributed by atoms with E-state index in [0.717, 1.165) is 11.1 Å². The molecule has 0 radical (unpaired) electrons. The molecule has 8 heteroatoms. The molecule has 7 nitrogen and oxygen atoms in total. The van der Waals surface area contributed by atoms with Crippen LogP contribution in [0.4, 0.5) is 0 Å². The van der Waals surface area contributed by atoms with E-state index in [4.69, 9.17) is 4.74 Å². The lowest BCUT2D eigenvalue weighted by molar-refractivity contribution is -0.125. The van der Waals surface area contributed by atoms with Gasteiger partial charge in [0.15, 0.2) is 0 Å². The second-order valence-corrected chi connectivity index (χ2v) is 10.1. The van der Waals surface area contributed by atoms with Crippen LogP contribution in [0.3, 0.4) is 0 Å². The first-order chi connectivity index (χ1) is 14.8. The lowest BCUT2D eigenvalue weighted by atomic mass is 9.81. The predicted octanol–water partition coefficient (Wildman–Crippen LogP) is 3.61. The number of benzene rings is 2. The number of aryl methyl sites for hydroxylation is 1. The highest BCUT2D eigenvalue weighted by molar-refractivity contribution is 7.89. The van der Waals surface area contributed by atoms with Crippen LogP contribution in [-0.4, -0.2) is 32.3 Å². The molecular formula is C23H29N2O5S-. The number of sulfonamides is 1. The summed E-state index contributed by atoms with van der Waals surface area (Å²) in [5, 5.41) is 10.7. The number of nitrogens with one attached hydrogen (secondary N) is 1. The Morgan fingerprint density at radius 2 is 1.68 bits per heavy atom. The van der Waals surface area contributed by atoms with E-state index in [9.17, 15) is 18.4 Å². The van der Waals surface area contributed by atoms with Crippen LogP contribution in [0.15, 0.2) is 53.4 Å². The van der Waals surface area contributed by atoms with Gasteiger partial charge in [-0.25, -0.2) is 8.42 Å². The quantitative estimate of drug-likeness (QED) is 0.626. The van der Waals surface area contributed by atoms with Crippen molar-refractivity contribution in [1.82, 2.24) is 9.79 Å². The van der Waals surface area contributed by atoms with E-state index in [1.807, 2.05) is 31.2 Å². The Hall–Kier alpha value is -2.42. The van der Waals surface area contributed by atoms with Gasteiger partial charge in [-0.3, -0.25) is 4.79 Å². The molecule has 2 aromatic rings. The summed E-state index contributed by atoms with van der Waals surface area (Å²) in [6.07, 6.45) is 2.61. The van der Waals surface area contributed by atoms with Crippen LogP contribution >= 0.6 is 0 Å². The van der Waals surface area contributed by atoms with Crippen molar-refractivity contribution < 1.29 is 17.9 Å². The van der Waals surface area contributed by atoms with Gasteiger partial charge in [0.1, 0.15) is 5.75 Å². The normalized spacial score (nSPS) is 19.2. The molecule has 0 aliphatic heterocycles. The van der Waals surface area contributed by atoms with E-state index >= 15 is 0 Å². The third-order valence-electron chi connectivity index (χ3n) is 5.96. The lowest BCUT2D eigenvalue weighted by Gasteiger charge is -2.32. The second kappa shape index (κ2) is 10.3. The van der Waals surface area contributed by atoms with Crippen LogP contribution in [0.25, 0.3) is 0 Å². The van der Waals surface area contributed by atoms with Crippen molar-refractivity contribution in [3.05, 3.63) is 64.9 Å². The van der Waals surface area contributed by atoms with E-state index < -0.39 is 15.9 Å².